The Hall–Kier alpha value is -3.23. The van der Waals surface area contributed by atoms with Gasteiger partial charge in [0.1, 0.15) is 6.33 Å². The minimum Gasteiger partial charge on any atom is -0.284 e. The molecule has 3 heterocycles. The molecule has 3 aromatic heterocycles. The number of fused-ring (bicyclic) bond motifs is 3. The molecule has 0 aliphatic rings. The Balaban J connectivity index is 1.97. The van der Waals surface area contributed by atoms with Crippen LogP contribution in [-0.4, -0.2) is 24.1 Å². The fourth-order valence-electron chi connectivity index (χ4n) is 2.50. The standard InChI is InChI=1S/C15H8F3N5O/c16-15(17,18)9-2-1-3-10(6-9)22-5-4-12-11(13(22)24)7-19-14-20-8-21-23(12)14/h1-8H. The maximum atomic E-state index is 12.9. The largest absolute Gasteiger partial charge is 0.416 e. The van der Waals surface area contributed by atoms with E-state index in [1.165, 1.54) is 35.4 Å². The molecule has 0 bridgehead atoms. The number of alkyl halides is 3. The normalized spacial score (nSPS) is 12.1. The average molecular weight is 331 g/mol. The van der Waals surface area contributed by atoms with Crippen molar-refractivity contribution in [2.24, 2.45) is 0 Å². The fraction of sp³-hybridized carbons (Fsp3) is 0.0667. The van der Waals surface area contributed by atoms with Crippen molar-refractivity contribution in [3.8, 4) is 5.69 Å². The van der Waals surface area contributed by atoms with Gasteiger partial charge in [0, 0.05) is 18.1 Å². The van der Waals surface area contributed by atoms with E-state index in [4.69, 9.17) is 0 Å². The van der Waals surface area contributed by atoms with Gasteiger partial charge < -0.3 is 0 Å². The van der Waals surface area contributed by atoms with Crippen molar-refractivity contribution in [1.82, 2.24) is 24.1 Å². The predicted octanol–water partition coefficient (Wildman–Crippen LogP) is 2.45. The van der Waals surface area contributed by atoms with Gasteiger partial charge in [-0.1, -0.05) is 6.07 Å². The van der Waals surface area contributed by atoms with Crippen LogP contribution < -0.4 is 5.56 Å². The van der Waals surface area contributed by atoms with E-state index >= 15 is 0 Å². The van der Waals surface area contributed by atoms with E-state index in [1.54, 1.807) is 6.07 Å². The quantitative estimate of drug-likeness (QED) is 0.537. The van der Waals surface area contributed by atoms with Crippen LogP contribution in [0.3, 0.4) is 0 Å². The molecule has 0 radical (unpaired) electrons. The molecule has 0 amide bonds. The molecule has 120 valence electrons. The average Bonchev–Trinajstić information content (AvgIpc) is 3.03. The predicted molar refractivity (Wildman–Crippen MR) is 78.9 cm³/mol. The van der Waals surface area contributed by atoms with Crippen LogP contribution in [0.2, 0.25) is 0 Å². The molecule has 0 fully saturated rings. The molecule has 0 aliphatic heterocycles. The minimum absolute atomic E-state index is 0.121. The maximum Gasteiger partial charge on any atom is 0.416 e. The van der Waals surface area contributed by atoms with Crippen molar-refractivity contribution in [1.29, 1.82) is 0 Å². The molecule has 6 nitrogen and oxygen atoms in total. The summed E-state index contributed by atoms with van der Waals surface area (Å²) in [6.07, 6.45) is -0.432. The zero-order chi connectivity index (χ0) is 16.9. The topological polar surface area (TPSA) is 65.1 Å². The Morgan fingerprint density at radius 1 is 1.08 bits per heavy atom. The van der Waals surface area contributed by atoms with E-state index in [0.29, 0.717) is 11.3 Å². The van der Waals surface area contributed by atoms with Gasteiger partial charge in [-0.2, -0.15) is 27.8 Å². The summed E-state index contributed by atoms with van der Waals surface area (Å²) in [5, 5.41) is 4.21. The smallest absolute Gasteiger partial charge is 0.284 e. The number of hydrogen-bond acceptors (Lipinski definition) is 4. The molecule has 0 unspecified atom stereocenters. The summed E-state index contributed by atoms with van der Waals surface area (Å²) < 4.78 is 41.1. The molecule has 0 spiro atoms. The van der Waals surface area contributed by atoms with Gasteiger partial charge in [0.15, 0.2) is 0 Å². The monoisotopic (exact) mass is 331 g/mol. The summed E-state index contributed by atoms with van der Waals surface area (Å²) in [6.45, 7) is 0. The summed E-state index contributed by atoms with van der Waals surface area (Å²) in [5.41, 5.74) is -0.713. The van der Waals surface area contributed by atoms with Crippen LogP contribution in [0.1, 0.15) is 5.56 Å². The Labute approximate surface area is 131 Å². The lowest BCUT2D eigenvalue weighted by atomic mass is 10.2. The van der Waals surface area contributed by atoms with Gasteiger partial charge in [-0.05, 0) is 24.3 Å². The van der Waals surface area contributed by atoms with E-state index < -0.39 is 17.3 Å². The highest BCUT2D eigenvalue weighted by molar-refractivity contribution is 5.78. The molecule has 0 aliphatic carbocycles. The van der Waals surface area contributed by atoms with Crippen LogP contribution in [0.4, 0.5) is 13.2 Å². The summed E-state index contributed by atoms with van der Waals surface area (Å²) >= 11 is 0. The number of hydrogen-bond donors (Lipinski definition) is 0. The van der Waals surface area contributed by atoms with Crippen molar-refractivity contribution < 1.29 is 13.2 Å². The van der Waals surface area contributed by atoms with Crippen LogP contribution in [0.15, 0.2) is 53.8 Å². The van der Waals surface area contributed by atoms with Crippen LogP contribution in [0.5, 0.6) is 0 Å². The first kappa shape index (κ1) is 14.4. The summed E-state index contributed by atoms with van der Waals surface area (Å²) in [4.78, 5) is 20.6. The zero-order valence-electron chi connectivity index (χ0n) is 11.9. The SMILES string of the molecule is O=c1c2cnc3ncnn3c2ccn1-c1cccc(C(F)(F)F)c1. The lowest BCUT2D eigenvalue weighted by Crippen LogP contribution is -2.19. The molecule has 1 aromatic carbocycles. The number of rotatable bonds is 1. The van der Waals surface area contributed by atoms with Gasteiger partial charge in [-0.25, -0.2) is 4.98 Å². The molecule has 0 N–H and O–H groups in total. The van der Waals surface area contributed by atoms with Gasteiger partial charge in [0.05, 0.1) is 16.5 Å². The number of pyridine rings is 1. The summed E-state index contributed by atoms with van der Waals surface area (Å²) in [7, 11) is 0. The lowest BCUT2D eigenvalue weighted by Gasteiger charge is -2.11. The Bertz CT molecular complexity index is 1130. The van der Waals surface area contributed by atoms with Crippen molar-refractivity contribution in [2.45, 2.75) is 6.18 Å². The Morgan fingerprint density at radius 3 is 2.71 bits per heavy atom. The van der Waals surface area contributed by atoms with E-state index in [0.717, 1.165) is 16.7 Å². The van der Waals surface area contributed by atoms with E-state index in [-0.39, 0.29) is 11.1 Å². The highest BCUT2D eigenvalue weighted by Gasteiger charge is 2.30. The first-order valence-electron chi connectivity index (χ1n) is 6.83. The molecular weight excluding hydrogens is 323 g/mol. The van der Waals surface area contributed by atoms with E-state index in [2.05, 4.69) is 15.1 Å². The van der Waals surface area contributed by atoms with Crippen molar-refractivity contribution in [3.63, 3.8) is 0 Å². The van der Waals surface area contributed by atoms with Crippen molar-refractivity contribution >= 4 is 16.7 Å². The molecule has 0 saturated heterocycles. The Kier molecular flexibility index (Phi) is 2.92. The molecular formula is C15H8F3N5O. The number of halogens is 3. The third kappa shape index (κ3) is 2.13. The zero-order valence-corrected chi connectivity index (χ0v) is 11.9. The molecule has 4 rings (SSSR count). The summed E-state index contributed by atoms with van der Waals surface area (Å²) in [5.74, 6) is 0.332. The third-order valence-corrected chi connectivity index (χ3v) is 3.63. The van der Waals surface area contributed by atoms with Gasteiger partial charge in [-0.15, -0.1) is 0 Å². The molecule has 24 heavy (non-hydrogen) atoms. The van der Waals surface area contributed by atoms with Gasteiger partial charge in [0.25, 0.3) is 11.3 Å². The molecule has 4 aromatic rings. The number of nitrogens with zero attached hydrogens (tertiary/aromatic N) is 5. The lowest BCUT2D eigenvalue weighted by molar-refractivity contribution is -0.137. The Morgan fingerprint density at radius 2 is 1.92 bits per heavy atom. The first-order chi connectivity index (χ1) is 11.4. The third-order valence-electron chi connectivity index (χ3n) is 3.63. The second kappa shape index (κ2) is 4.88. The van der Waals surface area contributed by atoms with Crippen LogP contribution in [0, 0.1) is 0 Å². The number of aromatic nitrogens is 5. The second-order valence-corrected chi connectivity index (χ2v) is 5.07. The van der Waals surface area contributed by atoms with E-state index in [1.807, 2.05) is 0 Å². The van der Waals surface area contributed by atoms with Crippen molar-refractivity contribution in [2.75, 3.05) is 0 Å². The van der Waals surface area contributed by atoms with Gasteiger partial charge in [-0.3, -0.25) is 9.36 Å². The van der Waals surface area contributed by atoms with Crippen LogP contribution in [-0.2, 0) is 6.18 Å². The highest BCUT2D eigenvalue weighted by atomic mass is 19.4. The van der Waals surface area contributed by atoms with Crippen LogP contribution in [0.25, 0.3) is 22.4 Å². The minimum atomic E-state index is -4.48. The number of benzene rings is 1. The van der Waals surface area contributed by atoms with Gasteiger partial charge >= 0.3 is 6.18 Å². The fourth-order valence-corrected chi connectivity index (χ4v) is 2.50. The van der Waals surface area contributed by atoms with E-state index in [9.17, 15) is 18.0 Å². The van der Waals surface area contributed by atoms with Crippen molar-refractivity contribution in [3.05, 3.63) is 65.0 Å². The second-order valence-electron chi connectivity index (χ2n) is 5.07. The van der Waals surface area contributed by atoms with Crippen LogP contribution >= 0.6 is 0 Å². The maximum absolute atomic E-state index is 12.9. The molecule has 0 atom stereocenters. The molecule has 9 heteroatoms. The van der Waals surface area contributed by atoms with Gasteiger partial charge in [0.2, 0.25) is 0 Å². The summed E-state index contributed by atoms with van der Waals surface area (Å²) in [6, 6.07) is 6.16. The highest BCUT2D eigenvalue weighted by Crippen LogP contribution is 2.30. The molecule has 0 saturated carbocycles. The first-order valence-corrected chi connectivity index (χ1v) is 6.83.